The second-order valence-electron chi connectivity index (χ2n) is 4.08. The number of amides is 2. The van der Waals surface area contributed by atoms with E-state index >= 15 is 0 Å². The lowest BCUT2D eigenvalue weighted by Gasteiger charge is -2.21. The second kappa shape index (κ2) is 7.71. The zero-order chi connectivity index (χ0) is 13.4. The van der Waals surface area contributed by atoms with Crippen LogP contribution >= 0.6 is 0 Å². The lowest BCUT2D eigenvalue weighted by Crippen LogP contribution is -2.41. The van der Waals surface area contributed by atoms with Gasteiger partial charge in [-0.3, -0.25) is 0 Å². The minimum atomic E-state index is -0.181. The molecule has 6 heteroatoms. The molecule has 1 aromatic heterocycles. The summed E-state index contributed by atoms with van der Waals surface area (Å²) in [5, 5.41) is 11.7. The number of nitrogens with zero attached hydrogens (tertiary/aromatic N) is 2. The number of aromatic nitrogens is 1. The van der Waals surface area contributed by atoms with E-state index in [2.05, 4.69) is 17.2 Å². The van der Waals surface area contributed by atoms with Crippen molar-refractivity contribution < 1.29 is 14.3 Å². The van der Waals surface area contributed by atoms with Crippen LogP contribution in [-0.4, -0.2) is 40.7 Å². The number of rotatable bonds is 7. The predicted octanol–water partition coefficient (Wildman–Crippen LogP) is 1.29. The van der Waals surface area contributed by atoms with E-state index in [9.17, 15) is 4.79 Å². The first kappa shape index (κ1) is 14.5. The standard InChI is InChI=1S/C12H21N3O3/c1-3-4-5-15(6-7-16)12(17)13-8-11-10(2)18-9-14-11/h9,16H,3-8H2,1-2H3,(H,13,17). The maximum atomic E-state index is 11.9. The number of aliphatic hydroxyl groups is 1. The molecule has 0 aliphatic rings. The number of carbonyl (C=O) groups excluding carboxylic acids is 1. The lowest BCUT2D eigenvalue weighted by molar-refractivity contribution is 0.176. The van der Waals surface area contributed by atoms with Gasteiger partial charge in [0.1, 0.15) is 11.5 Å². The van der Waals surface area contributed by atoms with Crippen molar-refractivity contribution in [2.45, 2.75) is 33.2 Å². The van der Waals surface area contributed by atoms with Crippen LogP contribution in [0.2, 0.25) is 0 Å². The van der Waals surface area contributed by atoms with E-state index in [1.165, 1.54) is 6.39 Å². The summed E-state index contributed by atoms with van der Waals surface area (Å²) in [7, 11) is 0. The number of nitrogens with one attached hydrogen (secondary N) is 1. The van der Waals surface area contributed by atoms with Crippen LogP contribution < -0.4 is 5.32 Å². The highest BCUT2D eigenvalue weighted by Crippen LogP contribution is 2.04. The highest BCUT2D eigenvalue weighted by atomic mass is 16.3. The van der Waals surface area contributed by atoms with Crippen LogP contribution in [0.5, 0.6) is 0 Å². The number of unbranched alkanes of at least 4 members (excludes halogenated alkanes) is 1. The fourth-order valence-electron chi connectivity index (χ4n) is 1.55. The largest absolute Gasteiger partial charge is 0.448 e. The third-order valence-electron chi connectivity index (χ3n) is 2.69. The van der Waals surface area contributed by atoms with Gasteiger partial charge in [0.05, 0.1) is 13.2 Å². The number of hydrogen-bond acceptors (Lipinski definition) is 4. The predicted molar refractivity (Wildman–Crippen MR) is 67.0 cm³/mol. The van der Waals surface area contributed by atoms with Gasteiger partial charge in [-0.2, -0.15) is 0 Å². The zero-order valence-corrected chi connectivity index (χ0v) is 11.0. The van der Waals surface area contributed by atoms with Crippen LogP contribution in [0.25, 0.3) is 0 Å². The molecule has 0 aliphatic carbocycles. The molecular weight excluding hydrogens is 234 g/mol. The first-order valence-corrected chi connectivity index (χ1v) is 6.21. The van der Waals surface area contributed by atoms with Gasteiger partial charge in [-0.05, 0) is 13.3 Å². The van der Waals surface area contributed by atoms with Crippen molar-refractivity contribution in [3.05, 3.63) is 17.8 Å². The Morgan fingerprint density at radius 1 is 1.56 bits per heavy atom. The first-order valence-electron chi connectivity index (χ1n) is 6.21. The molecule has 0 radical (unpaired) electrons. The quantitative estimate of drug-likeness (QED) is 0.769. The number of oxazole rings is 1. The Morgan fingerprint density at radius 3 is 2.89 bits per heavy atom. The number of aryl methyl sites for hydroxylation is 1. The monoisotopic (exact) mass is 255 g/mol. The Hall–Kier alpha value is -1.56. The number of urea groups is 1. The Morgan fingerprint density at radius 2 is 2.33 bits per heavy atom. The molecule has 2 N–H and O–H groups in total. The maximum Gasteiger partial charge on any atom is 0.317 e. The summed E-state index contributed by atoms with van der Waals surface area (Å²) >= 11 is 0. The van der Waals surface area contributed by atoms with Gasteiger partial charge in [0.15, 0.2) is 6.39 Å². The van der Waals surface area contributed by atoms with E-state index in [4.69, 9.17) is 9.52 Å². The SMILES string of the molecule is CCCCN(CCO)C(=O)NCc1ncoc1C. The van der Waals surface area contributed by atoms with Crippen LogP contribution in [0.1, 0.15) is 31.2 Å². The topological polar surface area (TPSA) is 78.6 Å². The third kappa shape index (κ3) is 4.37. The normalized spacial score (nSPS) is 10.4. The Kier molecular flexibility index (Phi) is 6.21. The smallest absolute Gasteiger partial charge is 0.317 e. The zero-order valence-electron chi connectivity index (χ0n) is 11.0. The minimum Gasteiger partial charge on any atom is -0.448 e. The Labute approximate surface area is 107 Å². The highest BCUT2D eigenvalue weighted by molar-refractivity contribution is 5.74. The van der Waals surface area contributed by atoms with Gasteiger partial charge in [-0.1, -0.05) is 13.3 Å². The van der Waals surface area contributed by atoms with Crippen LogP contribution in [-0.2, 0) is 6.54 Å². The van der Waals surface area contributed by atoms with Crippen molar-refractivity contribution in [2.24, 2.45) is 0 Å². The molecule has 6 nitrogen and oxygen atoms in total. The average molecular weight is 255 g/mol. The van der Waals surface area contributed by atoms with E-state index in [1.807, 2.05) is 0 Å². The second-order valence-corrected chi connectivity index (χ2v) is 4.08. The summed E-state index contributed by atoms with van der Waals surface area (Å²) in [5.41, 5.74) is 0.725. The summed E-state index contributed by atoms with van der Waals surface area (Å²) < 4.78 is 5.05. The van der Waals surface area contributed by atoms with Crippen molar-refractivity contribution in [3.63, 3.8) is 0 Å². The van der Waals surface area contributed by atoms with Crippen LogP contribution in [0, 0.1) is 6.92 Å². The Bertz CT molecular complexity index is 365. The van der Waals surface area contributed by atoms with Crippen molar-refractivity contribution in [3.8, 4) is 0 Å². The molecule has 0 saturated carbocycles. The van der Waals surface area contributed by atoms with Crippen molar-refractivity contribution in [2.75, 3.05) is 19.7 Å². The number of carbonyl (C=O) groups is 1. The molecule has 0 atom stereocenters. The van der Waals surface area contributed by atoms with E-state index in [-0.39, 0.29) is 12.6 Å². The molecule has 0 bridgehead atoms. The molecule has 0 aromatic carbocycles. The molecule has 1 rings (SSSR count). The van der Waals surface area contributed by atoms with Gasteiger partial charge in [0.2, 0.25) is 0 Å². The number of hydrogen-bond donors (Lipinski definition) is 2. The van der Waals surface area contributed by atoms with Crippen molar-refractivity contribution in [1.29, 1.82) is 0 Å². The van der Waals surface area contributed by atoms with Gasteiger partial charge >= 0.3 is 6.03 Å². The summed E-state index contributed by atoms with van der Waals surface area (Å²) in [6, 6.07) is -0.181. The summed E-state index contributed by atoms with van der Waals surface area (Å²) in [6.45, 7) is 5.19. The van der Waals surface area contributed by atoms with Crippen LogP contribution in [0.3, 0.4) is 0 Å². The average Bonchev–Trinajstić information content (AvgIpc) is 2.77. The van der Waals surface area contributed by atoms with Gasteiger partial charge in [-0.15, -0.1) is 0 Å². The maximum absolute atomic E-state index is 11.9. The van der Waals surface area contributed by atoms with E-state index in [1.54, 1.807) is 11.8 Å². The summed E-state index contributed by atoms with van der Waals surface area (Å²) in [6.07, 6.45) is 3.30. The molecule has 0 aliphatic heterocycles. The molecule has 0 fully saturated rings. The van der Waals surface area contributed by atoms with Gasteiger partial charge < -0.3 is 19.7 Å². The highest BCUT2D eigenvalue weighted by Gasteiger charge is 2.13. The van der Waals surface area contributed by atoms with Crippen molar-refractivity contribution >= 4 is 6.03 Å². The lowest BCUT2D eigenvalue weighted by atomic mass is 10.3. The molecule has 0 saturated heterocycles. The molecular formula is C12H21N3O3. The molecule has 1 aromatic rings. The number of aliphatic hydroxyl groups excluding tert-OH is 1. The van der Waals surface area contributed by atoms with E-state index in [0.29, 0.717) is 25.4 Å². The Balaban J connectivity index is 2.43. The van der Waals surface area contributed by atoms with Crippen molar-refractivity contribution in [1.82, 2.24) is 15.2 Å². The molecule has 102 valence electrons. The third-order valence-corrected chi connectivity index (χ3v) is 2.69. The molecule has 0 unspecified atom stereocenters. The van der Waals surface area contributed by atoms with E-state index < -0.39 is 0 Å². The van der Waals surface area contributed by atoms with E-state index in [0.717, 1.165) is 18.5 Å². The van der Waals surface area contributed by atoms with Crippen LogP contribution in [0.4, 0.5) is 4.79 Å². The minimum absolute atomic E-state index is 0.0277. The van der Waals surface area contributed by atoms with Gasteiger partial charge in [-0.25, -0.2) is 9.78 Å². The van der Waals surface area contributed by atoms with Gasteiger partial charge in [0.25, 0.3) is 0 Å². The molecule has 2 amide bonds. The fraction of sp³-hybridized carbons (Fsp3) is 0.667. The molecule has 0 spiro atoms. The van der Waals surface area contributed by atoms with Crippen LogP contribution in [0.15, 0.2) is 10.8 Å². The van der Waals surface area contributed by atoms with Gasteiger partial charge in [0, 0.05) is 13.1 Å². The molecule has 18 heavy (non-hydrogen) atoms. The summed E-state index contributed by atoms with van der Waals surface area (Å²) in [4.78, 5) is 17.5. The molecule has 1 heterocycles. The summed E-state index contributed by atoms with van der Waals surface area (Å²) in [5.74, 6) is 0.706. The fourth-order valence-corrected chi connectivity index (χ4v) is 1.55. The first-order chi connectivity index (χ1) is 8.69.